The molecule has 126 valence electrons. The van der Waals surface area contributed by atoms with E-state index in [-0.39, 0.29) is 10.7 Å². The van der Waals surface area contributed by atoms with Gasteiger partial charge in [0, 0.05) is 11.1 Å². The molecule has 5 heteroatoms. The van der Waals surface area contributed by atoms with E-state index in [0.29, 0.717) is 5.71 Å². The number of hydrogen-bond acceptors (Lipinski definition) is 1. The van der Waals surface area contributed by atoms with Gasteiger partial charge >= 0.3 is 6.18 Å². The third-order valence-corrected chi connectivity index (χ3v) is 3.90. The van der Waals surface area contributed by atoms with Crippen LogP contribution in [0.3, 0.4) is 0 Å². The highest BCUT2D eigenvalue weighted by Gasteiger charge is 2.30. The molecule has 0 aliphatic heterocycles. The first kappa shape index (κ1) is 17.2. The molecular formula is C20H13ClF3N. The van der Waals surface area contributed by atoms with Crippen molar-refractivity contribution in [3.05, 3.63) is 101 Å². The van der Waals surface area contributed by atoms with Crippen molar-refractivity contribution in [3.63, 3.8) is 0 Å². The van der Waals surface area contributed by atoms with Crippen LogP contribution in [0.5, 0.6) is 0 Å². The van der Waals surface area contributed by atoms with Gasteiger partial charge in [-0.25, -0.2) is 4.99 Å². The molecule has 0 N–H and O–H groups in total. The molecular weight excluding hydrogens is 347 g/mol. The number of rotatable bonds is 3. The lowest BCUT2D eigenvalue weighted by molar-refractivity contribution is -0.137. The summed E-state index contributed by atoms with van der Waals surface area (Å²) in [5.74, 6) is 0. The maximum absolute atomic E-state index is 12.8. The predicted octanol–water partition coefficient (Wildman–Crippen LogP) is 6.53. The van der Waals surface area contributed by atoms with Gasteiger partial charge in [-0.3, -0.25) is 0 Å². The summed E-state index contributed by atoms with van der Waals surface area (Å²) in [5, 5.41) is -0.0424. The Morgan fingerprint density at radius 3 is 1.72 bits per heavy atom. The summed E-state index contributed by atoms with van der Waals surface area (Å²) in [6, 6.07) is 22.0. The van der Waals surface area contributed by atoms with Gasteiger partial charge in [-0.15, -0.1) is 0 Å². The fourth-order valence-corrected chi connectivity index (χ4v) is 2.60. The monoisotopic (exact) mass is 359 g/mol. The smallest absolute Gasteiger partial charge is 0.246 e. The molecule has 25 heavy (non-hydrogen) atoms. The first-order valence-corrected chi connectivity index (χ1v) is 7.89. The second-order valence-electron chi connectivity index (χ2n) is 5.36. The van der Waals surface area contributed by atoms with Crippen LogP contribution in [0.2, 0.25) is 5.02 Å². The quantitative estimate of drug-likeness (QED) is 0.471. The molecule has 0 saturated carbocycles. The summed E-state index contributed by atoms with van der Waals surface area (Å²) in [5.41, 5.74) is 1.84. The van der Waals surface area contributed by atoms with E-state index in [9.17, 15) is 13.2 Å². The lowest BCUT2D eigenvalue weighted by Gasteiger charge is -2.10. The Morgan fingerprint density at radius 1 is 0.760 bits per heavy atom. The van der Waals surface area contributed by atoms with Crippen LogP contribution in [0, 0.1) is 0 Å². The Labute approximate surface area is 148 Å². The van der Waals surface area contributed by atoms with E-state index < -0.39 is 11.7 Å². The Hall–Kier alpha value is -2.59. The highest BCUT2D eigenvalue weighted by atomic mass is 35.5. The zero-order chi connectivity index (χ0) is 17.9. The van der Waals surface area contributed by atoms with E-state index in [1.165, 1.54) is 6.07 Å². The standard InChI is InChI=1S/C20H13ClF3N/c21-17-13-16(20(22,23)24)11-12-18(17)25-19(14-7-3-1-4-8-14)15-9-5-2-6-10-15/h1-13H. The summed E-state index contributed by atoms with van der Waals surface area (Å²) in [7, 11) is 0. The van der Waals surface area contributed by atoms with E-state index in [2.05, 4.69) is 4.99 Å². The van der Waals surface area contributed by atoms with Gasteiger partial charge in [0.05, 0.1) is 22.0 Å². The van der Waals surface area contributed by atoms with Crippen LogP contribution in [0.15, 0.2) is 83.9 Å². The Morgan fingerprint density at radius 2 is 1.28 bits per heavy atom. The minimum Gasteiger partial charge on any atom is -0.246 e. The van der Waals surface area contributed by atoms with Crippen LogP contribution < -0.4 is 0 Å². The molecule has 0 aromatic heterocycles. The number of hydrogen-bond donors (Lipinski definition) is 0. The highest BCUT2D eigenvalue weighted by molar-refractivity contribution is 6.33. The molecule has 0 spiro atoms. The Kier molecular flexibility index (Phi) is 4.91. The minimum absolute atomic E-state index is 0.0424. The molecule has 3 aromatic rings. The summed E-state index contributed by atoms with van der Waals surface area (Å²) in [6.45, 7) is 0. The molecule has 0 bridgehead atoms. The molecule has 0 unspecified atom stereocenters. The van der Waals surface area contributed by atoms with Gasteiger partial charge in [-0.2, -0.15) is 13.2 Å². The summed E-state index contributed by atoms with van der Waals surface area (Å²) in [6.07, 6.45) is -4.44. The lowest BCUT2D eigenvalue weighted by Crippen LogP contribution is -2.05. The van der Waals surface area contributed by atoms with Crippen LogP contribution in [0.4, 0.5) is 18.9 Å². The van der Waals surface area contributed by atoms with Crippen molar-refractivity contribution in [2.45, 2.75) is 6.18 Å². The van der Waals surface area contributed by atoms with Crippen LogP contribution in [-0.4, -0.2) is 5.71 Å². The second kappa shape index (κ2) is 7.11. The van der Waals surface area contributed by atoms with E-state index in [1.54, 1.807) is 0 Å². The highest BCUT2D eigenvalue weighted by Crippen LogP contribution is 2.35. The van der Waals surface area contributed by atoms with Crippen molar-refractivity contribution >= 4 is 23.0 Å². The minimum atomic E-state index is -4.44. The van der Waals surface area contributed by atoms with Crippen LogP contribution >= 0.6 is 11.6 Å². The first-order valence-electron chi connectivity index (χ1n) is 7.51. The largest absolute Gasteiger partial charge is 0.416 e. The molecule has 0 amide bonds. The van der Waals surface area contributed by atoms with Gasteiger partial charge in [0.2, 0.25) is 0 Å². The van der Waals surface area contributed by atoms with Crippen molar-refractivity contribution in [3.8, 4) is 0 Å². The first-order chi connectivity index (χ1) is 11.9. The van der Waals surface area contributed by atoms with Gasteiger partial charge < -0.3 is 0 Å². The SMILES string of the molecule is FC(F)(F)c1ccc(N=C(c2ccccc2)c2ccccc2)c(Cl)c1. The molecule has 0 heterocycles. The van der Waals surface area contributed by atoms with Crippen LogP contribution in [0.1, 0.15) is 16.7 Å². The van der Waals surface area contributed by atoms with Crippen molar-refractivity contribution in [2.24, 2.45) is 4.99 Å². The molecule has 0 aliphatic carbocycles. The maximum atomic E-state index is 12.8. The fraction of sp³-hybridized carbons (Fsp3) is 0.0500. The number of aliphatic imine (C=N–C) groups is 1. The number of nitrogens with zero attached hydrogens (tertiary/aromatic N) is 1. The summed E-state index contributed by atoms with van der Waals surface area (Å²) in [4.78, 5) is 4.54. The zero-order valence-corrected chi connectivity index (χ0v) is 13.7. The third-order valence-electron chi connectivity index (χ3n) is 3.60. The van der Waals surface area contributed by atoms with Gasteiger partial charge in [-0.05, 0) is 18.2 Å². The van der Waals surface area contributed by atoms with E-state index in [1.807, 2.05) is 60.7 Å². The number of halogens is 4. The molecule has 3 rings (SSSR count). The molecule has 0 aliphatic rings. The van der Waals surface area contributed by atoms with Crippen LogP contribution in [0.25, 0.3) is 0 Å². The summed E-state index contributed by atoms with van der Waals surface area (Å²) < 4.78 is 38.4. The summed E-state index contributed by atoms with van der Waals surface area (Å²) >= 11 is 6.05. The van der Waals surface area contributed by atoms with Crippen molar-refractivity contribution in [2.75, 3.05) is 0 Å². The molecule has 1 nitrogen and oxygen atoms in total. The molecule has 3 aromatic carbocycles. The average Bonchev–Trinajstić information content (AvgIpc) is 2.61. The predicted molar refractivity (Wildman–Crippen MR) is 94.6 cm³/mol. The van der Waals surface area contributed by atoms with Crippen molar-refractivity contribution < 1.29 is 13.2 Å². The van der Waals surface area contributed by atoms with Crippen molar-refractivity contribution in [1.82, 2.24) is 0 Å². The Balaban J connectivity index is 2.11. The lowest BCUT2D eigenvalue weighted by atomic mass is 10.0. The van der Waals surface area contributed by atoms with Gasteiger partial charge in [0.15, 0.2) is 0 Å². The van der Waals surface area contributed by atoms with E-state index >= 15 is 0 Å². The van der Waals surface area contributed by atoms with Gasteiger partial charge in [-0.1, -0.05) is 72.3 Å². The fourth-order valence-electron chi connectivity index (χ4n) is 2.38. The molecule has 0 atom stereocenters. The Bertz CT molecular complexity index is 846. The number of alkyl halides is 3. The number of benzene rings is 3. The second-order valence-corrected chi connectivity index (χ2v) is 5.76. The van der Waals surface area contributed by atoms with E-state index in [4.69, 9.17) is 11.6 Å². The zero-order valence-electron chi connectivity index (χ0n) is 13.0. The van der Waals surface area contributed by atoms with Crippen LogP contribution in [-0.2, 0) is 6.18 Å². The van der Waals surface area contributed by atoms with E-state index in [0.717, 1.165) is 23.3 Å². The normalized spacial score (nSPS) is 11.2. The van der Waals surface area contributed by atoms with Gasteiger partial charge in [0.1, 0.15) is 0 Å². The molecule has 0 radical (unpaired) electrons. The maximum Gasteiger partial charge on any atom is 0.416 e. The molecule has 0 saturated heterocycles. The average molecular weight is 360 g/mol. The topological polar surface area (TPSA) is 12.4 Å². The molecule has 0 fully saturated rings. The van der Waals surface area contributed by atoms with Gasteiger partial charge in [0.25, 0.3) is 0 Å². The van der Waals surface area contributed by atoms with Crippen molar-refractivity contribution in [1.29, 1.82) is 0 Å². The third kappa shape index (κ3) is 4.09.